The molecule has 0 bridgehead atoms. The number of H-pyrrole nitrogens is 1. The van der Waals surface area contributed by atoms with Crippen molar-refractivity contribution >= 4 is 5.97 Å². The summed E-state index contributed by atoms with van der Waals surface area (Å²) in [5.74, 6) is 0.875. The molecule has 0 spiro atoms. The first-order valence-corrected chi connectivity index (χ1v) is 5.95. The fourth-order valence-electron chi connectivity index (χ4n) is 2.33. The fraction of sp³-hybridized carbons (Fsp3) is 0.538. The van der Waals surface area contributed by atoms with E-state index in [0.717, 1.165) is 18.8 Å². The van der Waals surface area contributed by atoms with Crippen molar-refractivity contribution in [2.24, 2.45) is 11.8 Å². The summed E-state index contributed by atoms with van der Waals surface area (Å²) in [6.07, 6.45) is 3.51. The number of nitriles is 1. The van der Waals surface area contributed by atoms with E-state index >= 15 is 0 Å². The van der Waals surface area contributed by atoms with E-state index in [4.69, 9.17) is 10.00 Å². The first-order valence-electron chi connectivity index (χ1n) is 5.95. The number of hydrogen-bond acceptors (Lipinski definition) is 3. The van der Waals surface area contributed by atoms with Crippen LogP contribution in [-0.4, -0.2) is 17.6 Å². The molecule has 1 aromatic heterocycles. The Kier molecular flexibility index (Phi) is 3.48. The first-order chi connectivity index (χ1) is 8.19. The number of nitrogens with one attached hydrogen (secondary N) is 1. The van der Waals surface area contributed by atoms with E-state index in [-0.39, 0.29) is 5.97 Å². The second kappa shape index (κ2) is 5.05. The van der Waals surface area contributed by atoms with Crippen LogP contribution in [0, 0.1) is 23.2 Å². The van der Waals surface area contributed by atoms with Gasteiger partial charge in [0.25, 0.3) is 0 Å². The zero-order valence-corrected chi connectivity index (χ0v) is 9.90. The minimum absolute atomic E-state index is 0.354. The number of nitrogens with zero attached hydrogens (tertiary/aromatic N) is 1. The van der Waals surface area contributed by atoms with Crippen LogP contribution in [0.3, 0.4) is 0 Å². The van der Waals surface area contributed by atoms with Gasteiger partial charge in [-0.2, -0.15) is 5.26 Å². The maximum Gasteiger partial charge on any atom is 0.354 e. The van der Waals surface area contributed by atoms with Gasteiger partial charge in [0.1, 0.15) is 17.5 Å². The number of aromatic amines is 1. The van der Waals surface area contributed by atoms with Crippen molar-refractivity contribution in [3.63, 3.8) is 0 Å². The third-order valence-corrected chi connectivity index (χ3v) is 3.28. The summed E-state index contributed by atoms with van der Waals surface area (Å²) in [5.41, 5.74) is 0.735. The summed E-state index contributed by atoms with van der Waals surface area (Å²) < 4.78 is 5.24. The van der Waals surface area contributed by atoms with Gasteiger partial charge in [-0.25, -0.2) is 4.79 Å². The van der Waals surface area contributed by atoms with Crippen LogP contribution in [0.1, 0.15) is 42.4 Å². The maximum absolute atomic E-state index is 11.6. The van der Waals surface area contributed by atoms with Crippen LogP contribution in [0.15, 0.2) is 12.1 Å². The van der Waals surface area contributed by atoms with Gasteiger partial charge >= 0.3 is 5.97 Å². The predicted octanol–water partition coefficient (Wildman–Crippen LogP) is 2.48. The van der Waals surface area contributed by atoms with Gasteiger partial charge in [-0.1, -0.05) is 13.3 Å². The molecule has 1 fully saturated rings. The molecule has 17 heavy (non-hydrogen) atoms. The number of aromatic nitrogens is 1. The lowest BCUT2D eigenvalue weighted by Crippen LogP contribution is -2.12. The van der Waals surface area contributed by atoms with Crippen molar-refractivity contribution in [2.75, 3.05) is 6.61 Å². The molecule has 2 atom stereocenters. The highest BCUT2D eigenvalue weighted by Gasteiger charge is 2.23. The molecule has 0 amide bonds. The van der Waals surface area contributed by atoms with Crippen molar-refractivity contribution in [1.82, 2.24) is 4.98 Å². The van der Waals surface area contributed by atoms with Crippen LogP contribution >= 0.6 is 0 Å². The monoisotopic (exact) mass is 232 g/mol. The summed E-state index contributed by atoms with van der Waals surface area (Å²) in [7, 11) is 0. The summed E-state index contributed by atoms with van der Waals surface area (Å²) in [4.78, 5) is 14.4. The zero-order chi connectivity index (χ0) is 12.3. The molecule has 0 saturated heterocycles. The lowest BCUT2D eigenvalue weighted by Gasteiger charge is -2.09. The molecule has 0 aliphatic heterocycles. The van der Waals surface area contributed by atoms with Gasteiger partial charge in [-0.15, -0.1) is 0 Å². The van der Waals surface area contributed by atoms with Crippen LogP contribution in [-0.2, 0) is 4.74 Å². The van der Waals surface area contributed by atoms with Crippen LogP contribution < -0.4 is 0 Å². The Morgan fingerprint density at radius 2 is 2.41 bits per heavy atom. The molecule has 0 radical (unpaired) electrons. The number of carbonyl (C=O) groups excluding carboxylic acids is 1. The van der Waals surface area contributed by atoms with Crippen molar-refractivity contribution < 1.29 is 9.53 Å². The Labute approximate surface area is 101 Å². The second-order valence-electron chi connectivity index (χ2n) is 4.78. The van der Waals surface area contributed by atoms with Crippen LogP contribution in [0.2, 0.25) is 0 Å². The molecule has 1 aliphatic rings. The quantitative estimate of drug-likeness (QED) is 0.814. The number of carbonyl (C=O) groups is 1. The predicted molar refractivity (Wildman–Crippen MR) is 62.3 cm³/mol. The summed E-state index contributed by atoms with van der Waals surface area (Å²) in [6.45, 7) is 2.72. The van der Waals surface area contributed by atoms with E-state index in [9.17, 15) is 4.79 Å². The molecule has 1 aromatic rings. The van der Waals surface area contributed by atoms with Gasteiger partial charge in [0.15, 0.2) is 0 Å². The van der Waals surface area contributed by atoms with Crippen LogP contribution in [0.5, 0.6) is 0 Å². The third kappa shape index (κ3) is 2.88. The lowest BCUT2D eigenvalue weighted by atomic mass is 10.1. The molecule has 2 unspecified atom stereocenters. The Hall–Kier alpha value is -1.76. The van der Waals surface area contributed by atoms with E-state index in [1.807, 2.05) is 6.07 Å². The average molecular weight is 232 g/mol. The van der Waals surface area contributed by atoms with Gasteiger partial charge in [0, 0.05) is 0 Å². The highest BCUT2D eigenvalue weighted by molar-refractivity contribution is 5.87. The van der Waals surface area contributed by atoms with Gasteiger partial charge in [-0.05, 0) is 36.8 Å². The van der Waals surface area contributed by atoms with E-state index < -0.39 is 0 Å². The minimum Gasteiger partial charge on any atom is -0.461 e. The van der Waals surface area contributed by atoms with Gasteiger partial charge < -0.3 is 9.72 Å². The summed E-state index contributed by atoms with van der Waals surface area (Å²) >= 11 is 0. The molecule has 2 rings (SSSR count). The third-order valence-electron chi connectivity index (χ3n) is 3.28. The Morgan fingerprint density at radius 3 is 3.00 bits per heavy atom. The summed E-state index contributed by atoms with van der Waals surface area (Å²) in [5, 5.41) is 8.63. The van der Waals surface area contributed by atoms with Gasteiger partial charge in [-0.3, -0.25) is 0 Å². The van der Waals surface area contributed by atoms with Crippen molar-refractivity contribution in [3.05, 3.63) is 23.5 Å². The molecule has 1 heterocycles. The molecule has 0 aromatic carbocycles. The highest BCUT2D eigenvalue weighted by atomic mass is 16.5. The lowest BCUT2D eigenvalue weighted by molar-refractivity contribution is 0.0434. The first kappa shape index (κ1) is 11.7. The Balaban J connectivity index is 1.83. The Morgan fingerprint density at radius 1 is 1.59 bits per heavy atom. The molecule has 1 N–H and O–H groups in total. The smallest absolute Gasteiger partial charge is 0.354 e. The molecular formula is C13H16N2O2. The van der Waals surface area contributed by atoms with Crippen LogP contribution in [0.25, 0.3) is 0 Å². The fourth-order valence-corrected chi connectivity index (χ4v) is 2.33. The van der Waals surface area contributed by atoms with Crippen LogP contribution in [0.4, 0.5) is 0 Å². The number of ether oxygens (including phenoxy) is 1. The number of hydrogen-bond donors (Lipinski definition) is 1. The average Bonchev–Trinajstić information content (AvgIpc) is 2.94. The molecule has 4 nitrogen and oxygen atoms in total. The van der Waals surface area contributed by atoms with E-state index in [1.165, 1.54) is 6.42 Å². The second-order valence-corrected chi connectivity index (χ2v) is 4.78. The van der Waals surface area contributed by atoms with Crippen molar-refractivity contribution in [3.8, 4) is 6.07 Å². The van der Waals surface area contributed by atoms with E-state index in [1.54, 1.807) is 12.1 Å². The van der Waals surface area contributed by atoms with E-state index in [2.05, 4.69) is 11.9 Å². The molecule has 1 saturated carbocycles. The molecular weight excluding hydrogens is 216 g/mol. The minimum atomic E-state index is -0.369. The maximum atomic E-state index is 11.6. The number of rotatable bonds is 3. The molecule has 1 aliphatic carbocycles. The van der Waals surface area contributed by atoms with Crippen molar-refractivity contribution in [2.45, 2.75) is 26.2 Å². The summed E-state index contributed by atoms with van der Waals surface area (Å²) in [6, 6.07) is 5.10. The molecule has 90 valence electrons. The topological polar surface area (TPSA) is 65.9 Å². The zero-order valence-electron chi connectivity index (χ0n) is 9.90. The SMILES string of the molecule is CC1CCC(COC(=O)c2ccc(C#N)[nH]2)C1. The largest absolute Gasteiger partial charge is 0.461 e. The Bertz CT molecular complexity index is 445. The molecule has 4 heteroatoms. The standard InChI is InChI=1S/C13H16N2O2/c1-9-2-3-10(6-9)8-17-13(16)12-5-4-11(7-14)15-12/h4-5,9-10,15H,2-3,6,8H2,1H3. The van der Waals surface area contributed by atoms with Crippen molar-refractivity contribution in [1.29, 1.82) is 5.26 Å². The number of esters is 1. The van der Waals surface area contributed by atoms with Gasteiger partial charge in [0.05, 0.1) is 6.61 Å². The normalized spacial score (nSPS) is 23.3. The highest BCUT2D eigenvalue weighted by Crippen LogP contribution is 2.30. The van der Waals surface area contributed by atoms with Gasteiger partial charge in [0.2, 0.25) is 0 Å². The van der Waals surface area contributed by atoms with E-state index in [0.29, 0.717) is 23.9 Å².